The van der Waals surface area contributed by atoms with Gasteiger partial charge < -0.3 is 4.90 Å². The Bertz CT molecular complexity index is 239. The van der Waals surface area contributed by atoms with Gasteiger partial charge in [-0.1, -0.05) is 20.8 Å². The van der Waals surface area contributed by atoms with Gasteiger partial charge in [0.05, 0.1) is 0 Å². The summed E-state index contributed by atoms with van der Waals surface area (Å²) in [4.78, 5) is 16.4. The Morgan fingerprint density at radius 3 is 2.50 bits per heavy atom. The summed E-state index contributed by atoms with van der Waals surface area (Å²) in [5.74, 6) is 0.498. The third kappa shape index (κ3) is 1.44. The third-order valence-corrected chi connectivity index (χ3v) is 3.54. The maximum absolute atomic E-state index is 11.8. The zero-order valence-corrected chi connectivity index (χ0v) is 9.36. The largest absolute Gasteiger partial charge is 0.337 e. The lowest BCUT2D eigenvalue weighted by Crippen LogP contribution is -2.49. The lowest BCUT2D eigenvalue weighted by molar-refractivity contribution is -0.136. The lowest BCUT2D eigenvalue weighted by Gasteiger charge is -2.34. The van der Waals surface area contributed by atoms with Crippen molar-refractivity contribution in [2.24, 2.45) is 5.92 Å². The van der Waals surface area contributed by atoms with E-state index in [1.165, 1.54) is 6.42 Å². The number of carbonyl (C=O) groups excluding carboxylic acids is 1. The van der Waals surface area contributed by atoms with Gasteiger partial charge in [0, 0.05) is 31.1 Å². The van der Waals surface area contributed by atoms with Crippen molar-refractivity contribution in [3.63, 3.8) is 0 Å². The number of hydrogen-bond donors (Lipinski definition) is 0. The van der Waals surface area contributed by atoms with Crippen LogP contribution in [0, 0.1) is 5.92 Å². The minimum atomic E-state index is 0.157. The maximum atomic E-state index is 11.8. The molecular weight excluding hydrogens is 176 g/mol. The van der Waals surface area contributed by atoms with Gasteiger partial charge in [0.2, 0.25) is 5.91 Å². The monoisotopic (exact) mass is 196 g/mol. The van der Waals surface area contributed by atoms with Crippen LogP contribution in [0.5, 0.6) is 0 Å². The van der Waals surface area contributed by atoms with E-state index in [2.05, 4.69) is 16.7 Å². The molecule has 0 spiro atoms. The van der Waals surface area contributed by atoms with E-state index in [1.54, 1.807) is 0 Å². The molecule has 0 saturated carbocycles. The van der Waals surface area contributed by atoms with Crippen molar-refractivity contribution in [1.82, 2.24) is 9.80 Å². The van der Waals surface area contributed by atoms with E-state index in [9.17, 15) is 4.79 Å². The normalized spacial score (nSPS) is 31.9. The molecule has 2 rings (SSSR count). The predicted molar refractivity (Wildman–Crippen MR) is 56.0 cm³/mol. The molecule has 0 aromatic rings. The molecule has 2 aliphatic heterocycles. The minimum absolute atomic E-state index is 0.157. The summed E-state index contributed by atoms with van der Waals surface area (Å²) in [6.07, 6.45) is 1.20. The molecule has 2 bridgehead atoms. The number of nitrogens with zero attached hydrogens (tertiary/aromatic N) is 2. The number of carbonyl (C=O) groups is 1. The molecule has 1 amide bonds. The van der Waals surface area contributed by atoms with Crippen molar-refractivity contribution in [1.29, 1.82) is 0 Å². The first-order valence-corrected chi connectivity index (χ1v) is 5.68. The SMILES string of the molecule is CCN1C[C@H]2CC1CN2C(=O)C(C)C. The van der Waals surface area contributed by atoms with Crippen LogP contribution in [-0.2, 0) is 4.79 Å². The molecule has 2 saturated heterocycles. The van der Waals surface area contributed by atoms with Crippen LogP contribution in [-0.4, -0.2) is 47.4 Å². The second kappa shape index (κ2) is 3.54. The van der Waals surface area contributed by atoms with Crippen molar-refractivity contribution in [3.05, 3.63) is 0 Å². The number of hydrogen-bond acceptors (Lipinski definition) is 2. The summed E-state index contributed by atoms with van der Waals surface area (Å²) in [6, 6.07) is 1.16. The molecule has 0 radical (unpaired) electrons. The Kier molecular flexibility index (Phi) is 2.52. The third-order valence-electron chi connectivity index (χ3n) is 3.54. The van der Waals surface area contributed by atoms with Gasteiger partial charge in [0.1, 0.15) is 0 Å². The Balaban J connectivity index is 1.99. The molecule has 0 aromatic carbocycles. The Labute approximate surface area is 86.1 Å². The van der Waals surface area contributed by atoms with Crippen molar-refractivity contribution in [2.75, 3.05) is 19.6 Å². The number of likely N-dealkylation sites (tertiary alicyclic amines) is 2. The first-order chi connectivity index (χ1) is 6.63. The molecule has 80 valence electrons. The van der Waals surface area contributed by atoms with E-state index >= 15 is 0 Å². The van der Waals surface area contributed by atoms with E-state index in [1.807, 2.05) is 13.8 Å². The summed E-state index contributed by atoms with van der Waals surface area (Å²) in [5, 5.41) is 0. The molecule has 0 aromatic heterocycles. The first-order valence-electron chi connectivity index (χ1n) is 5.68. The van der Waals surface area contributed by atoms with Gasteiger partial charge >= 0.3 is 0 Å². The van der Waals surface area contributed by atoms with Crippen molar-refractivity contribution < 1.29 is 4.79 Å². The van der Waals surface area contributed by atoms with Crippen LogP contribution in [0.4, 0.5) is 0 Å². The highest BCUT2D eigenvalue weighted by Crippen LogP contribution is 2.31. The van der Waals surface area contributed by atoms with Crippen LogP contribution in [0.2, 0.25) is 0 Å². The second-order valence-electron chi connectivity index (χ2n) is 4.78. The summed E-state index contributed by atoms with van der Waals surface area (Å²) >= 11 is 0. The van der Waals surface area contributed by atoms with Gasteiger partial charge in [-0.25, -0.2) is 0 Å². The standard InChI is InChI=1S/C11H20N2O/c1-4-12-6-10-5-9(12)7-13(10)11(14)8(2)3/h8-10H,4-7H2,1-3H3/t9?,10-/m1/s1. The summed E-state index contributed by atoms with van der Waals surface area (Å²) in [5.41, 5.74) is 0. The number of amides is 1. The predicted octanol–water partition coefficient (Wildman–Crippen LogP) is 0.947. The number of rotatable bonds is 2. The fraction of sp³-hybridized carbons (Fsp3) is 0.909. The second-order valence-corrected chi connectivity index (χ2v) is 4.78. The van der Waals surface area contributed by atoms with Crippen LogP contribution in [0.3, 0.4) is 0 Å². The number of fused-ring (bicyclic) bond motifs is 2. The highest BCUT2D eigenvalue weighted by Gasteiger charge is 2.44. The number of piperazine rings is 1. The van der Waals surface area contributed by atoms with Crippen LogP contribution < -0.4 is 0 Å². The minimum Gasteiger partial charge on any atom is -0.337 e. The van der Waals surface area contributed by atoms with Crippen LogP contribution in [0.15, 0.2) is 0 Å². The van der Waals surface area contributed by atoms with Crippen molar-refractivity contribution in [2.45, 2.75) is 39.3 Å². The average molecular weight is 196 g/mol. The zero-order valence-electron chi connectivity index (χ0n) is 9.36. The first kappa shape index (κ1) is 9.97. The van der Waals surface area contributed by atoms with Crippen molar-refractivity contribution >= 4 is 5.91 Å². The maximum Gasteiger partial charge on any atom is 0.225 e. The van der Waals surface area contributed by atoms with Gasteiger partial charge in [-0.15, -0.1) is 0 Å². The van der Waals surface area contributed by atoms with Gasteiger partial charge in [-0.2, -0.15) is 0 Å². The van der Waals surface area contributed by atoms with E-state index < -0.39 is 0 Å². The van der Waals surface area contributed by atoms with E-state index in [0.717, 1.165) is 19.6 Å². The van der Waals surface area contributed by atoms with Crippen LogP contribution in [0.1, 0.15) is 27.2 Å². The topological polar surface area (TPSA) is 23.6 Å². The molecule has 3 nitrogen and oxygen atoms in total. The fourth-order valence-electron chi connectivity index (χ4n) is 2.74. The Morgan fingerprint density at radius 2 is 2.07 bits per heavy atom. The smallest absolute Gasteiger partial charge is 0.225 e. The molecule has 1 unspecified atom stereocenters. The quantitative estimate of drug-likeness (QED) is 0.656. The highest BCUT2D eigenvalue weighted by molar-refractivity contribution is 5.79. The van der Waals surface area contributed by atoms with E-state index in [0.29, 0.717) is 18.0 Å². The number of likely N-dealkylation sites (N-methyl/N-ethyl adjacent to an activating group) is 1. The molecule has 14 heavy (non-hydrogen) atoms. The molecule has 2 aliphatic rings. The molecule has 3 heteroatoms. The highest BCUT2D eigenvalue weighted by atomic mass is 16.2. The molecule has 2 heterocycles. The Hall–Kier alpha value is -0.570. The van der Waals surface area contributed by atoms with E-state index in [-0.39, 0.29) is 5.92 Å². The summed E-state index contributed by atoms with van der Waals surface area (Å²) in [6.45, 7) is 9.38. The zero-order chi connectivity index (χ0) is 10.3. The summed E-state index contributed by atoms with van der Waals surface area (Å²) < 4.78 is 0. The molecule has 0 N–H and O–H groups in total. The van der Waals surface area contributed by atoms with Gasteiger partial charge in [0.15, 0.2) is 0 Å². The summed E-state index contributed by atoms with van der Waals surface area (Å²) in [7, 11) is 0. The van der Waals surface area contributed by atoms with Crippen LogP contribution >= 0.6 is 0 Å². The van der Waals surface area contributed by atoms with Gasteiger partial charge in [-0.3, -0.25) is 9.69 Å². The molecule has 2 atom stereocenters. The van der Waals surface area contributed by atoms with E-state index in [4.69, 9.17) is 0 Å². The Morgan fingerprint density at radius 1 is 1.36 bits per heavy atom. The molecular formula is C11H20N2O. The van der Waals surface area contributed by atoms with Crippen LogP contribution in [0.25, 0.3) is 0 Å². The molecule has 2 fully saturated rings. The average Bonchev–Trinajstić information content (AvgIpc) is 2.74. The van der Waals surface area contributed by atoms with Crippen molar-refractivity contribution in [3.8, 4) is 0 Å². The van der Waals surface area contributed by atoms with Gasteiger partial charge in [-0.05, 0) is 13.0 Å². The van der Waals surface area contributed by atoms with Gasteiger partial charge in [0.25, 0.3) is 0 Å². The lowest BCUT2D eigenvalue weighted by atomic mass is 10.1. The fourth-order valence-corrected chi connectivity index (χ4v) is 2.74. The molecule has 0 aliphatic carbocycles.